The normalized spacial score (nSPS) is 18.0. The van der Waals surface area contributed by atoms with Crippen LogP contribution >= 0.6 is 25.0 Å². The Hall–Kier alpha value is 0.560. The lowest BCUT2D eigenvalue weighted by Gasteiger charge is -2.03. The highest BCUT2D eigenvalue weighted by atomic mass is 35.5. The van der Waals surface area contributed by atoms with E-state index in [2.05, 4.69) is 12.6 Å². The molecule has 0 saturated heterocycles. The molecule has 0 aromatic rings. The molecule has 0 amide bonds. The highest BCUT2D eigenvalue weighted by Gasteiger charge is 1.99. The molecule has 0 aromatic heterocycles. The first-order valence-electron chi connectivity index (χ1n) is 1.24. The van der Waals surface area contributed by atoms with E-state index in [0.29, 0.717) is 0 Å². The second kappa shape index (κ2) is 2.69. The van der Waals surface area contributed by atoms with Gasteiger partial charge in [0.05, 0.1) is 0 Å². The van der Waals surface area contributed by atoms with E-state index in [9.17, 15) is 0 Å². The van der Waals surface area contributed by atoms with Gasteiger partial charge in [-0.25, -0.2) is 0 Å². The summed E-state index contributed by atoms with van der Waals surface area (Å²) in [5.41, 5.74) is 4.77. The molecule has 0 fully saturated rings. The van der Waals surface area contributed by atoms with Crippen LogP contribution in [0.2, 0.25) is 0 Å². The minimum atomic E-state index is -1.31. The molecular formula is C2H8ClNOS. The van der Waals surface area contributed by atoms with Crippen molar-refractivity contribution in [3.63, 3.8) is 0 Å². The Morgan fingerprint density at radius 1 is 1.83 bits per heavy atom. The lowest BCUT2D eigenvalue weighted by molar-refractivity contribution is 0.168. The number of halogens is 1. The van der Waals surface area contributed by atoms with E-state index in [1.807, 2.05) is 0 Å². The van der Waals surface area contributed by atoms with Crippen molar-refractivity contribution >= 4 is 25.0 Å². The maximum atomic E-state index is 8.16. The van der Waals surface area contributed by atoms with E-state index in [1.54, 1.807) is 0 Å². The molecule has 40 valence electrons. The highest BCUT2D eigenvalue weighted by molar-refractivity contribution is 7.81. The minimum absolute atomic E-state index is 0. The molecule has 1 atom stereocenters. The van der Waals surface area contributed by atoms with Gasteiger partial charge >= 0.3 is 0 Å². The molecule has 0 aromatic carbocycles. The van der Waals surface area contributed by atoms with E-state index >= 15 is 0 Å². The first-order chi connectivity index (χ1) is 2.00. The van der Waals surface area contributed by atoms with Crippen LogP contribution in [0, 0.1) is 0 Å². The van der Waals surface area contributed by atoms with Crippen LogP contribution in [0.15, 0.2) is 0 Å². The Balaban J connectivity index is 0. The predicted molar refractivity (Wildman–Crippen MR) is 31.0 cm³/mol. The molecule has 2 nitrogen and oxygen atoms in total. The number of hydrogen-bond acceptors (Lipinski definition) is 3. The van der Waals surface area contributed by atoms with Crippen LogP contribution in [-0.4, -0.2) is 10.2 Å². The predicted octanol–water partition coefficient (Wildman–Crippen LogP) is -0.0373. The fourth-order valence-electron chi connectivity index (χ4n) is 0. The molecule has 0 radical (unpaired) electrons. The summed E-state index contributed by atoms with van der Waals surface area (Å²) in [7, 11) is 0. The Labute approximate surface area is 48.5 Å². The molecule has 0 aliphatic carbocycles. The summed E-state index contributed by atoms with van der Waals surface area (Å²) in [6.07, 6.45) is 0. The van der Waals surface area contributed by atoms with Crippen LogP contribution in [0.4, 0.5) is 0 Å². The molecule has 6 heavy (non-hydrogen) atoms. The Kier molecular flexibility index (Phi) is 4.37. The second-order valence-electron chi connectivity index (χ2n) is 1.09. The highest BCUT2D eigenvalue weighted by Crippen LogP contribution is 1.93. The van der Waals surface area contributed by atoms with Crippen molar-refractivity contribution in [3.8, 4) is 0 Å². The number of aliphatic hydroxyl groups is 1. The summed E-state index contributed by atoms with van der Waals surface area (Å²) < 4.78 is 0. The first kappa shape index (κ1) is 9.75. The molecule has 0 aliphatic rings. The van der Waals surface area contributed by atoms with Crippen molar-refractivity contribution in [2.45, 2.75) is 12.0 Å². The maximum Gasteiger partial charge on any atom is 0.155 e. The minimum Gasteiger partial charge on any atom is -0.367 e. The van der Waals surface area contributed by atoms with E-state index in [4.69, 9.17) is 10.8 Å². The van der Waals surface area contributed by atoms with Crippen LogP contribution in [0.1, 0.15) is 6.92 Å². The first-order valence-corrected chi connectivity index (χ1v) is 1.68. The Bertz CT molecular complexity index is 29.0. The van der Waals surface area contributed by atoms with Crippen LogP contribution in [0.25, 0.3) is 0 Å². The van der Waals surface area contributed by atoms with Gasteiger partial charge in [0, 0.05) is 0 Å². The average molecular weight is 130 g/mol. The fourth-order valence-corrected chi connectivity index (χ4v) is 0. The van der Waals surface area contributed by atoms with Crippen molar-refractivity contribution in [2.24, 2.45) is 5.73 Å². The van der Waals surface area contributed by atoms with Crippen molar-refractivity contribution in [1.29, 1.82) is 0 Å². The molecular weight excluding hydrogens is 122 g/mol. The third-order valence-electron chi connectivity index (χ3n) is 0. The van der Waals surface area contributed by atoms with E-state index in [1.165, 1.54) is 6.92 Å². The number of rotatable bonds is 0. The standard InChI is InChI=1S/C2H7NOS.ClH/c1-2(3,4)5;/h4-5H,3H2,1H3;1H. The molecule has 4 heteroatoms. The molecule has 0 aliphatic heterocycles. The van der Waals surface area contributed by atoms with Gasteiger partial charge in [0.2, 0.25) is 0 Å². The lowest BCUT2D eigenvalue weighted by atomic mass is 10.7. The second-order valence-corrected chi connectivity index (χ2v) is 2.00. The smallest absolute Gasteiger partial charge is 0.155 e. The lowest BCUT2D eigenvalue weighted by Crippen LogP contribution is -2.27. The van der Waals surface area contributed by atoms with Gasteiger partial charge in [-0.3, -0.25) is 5.73 Å². The van der Waals surface area contributed by atoms with E-state index < -0.39 is 5.06 Å². The zero-order chi connectivity index (χ0) is 4.50. The van der Waals surface area contributed by atoms with Gasteiger partial charge in [0.1, 0.15) is 0 Å². The summed E-state index contributed by atoms with van der Waals surface area (Å²) in [5, 5.41) is 6.86. The van der Waals surface area contributed by atoms with Crippen molar-refractivity contribution in [2.75, 3.05) is 0 Å². The van der Waals surface area contributed by atoms with Gasteiger partial charge in [0.15, 0.2) is 5.06 Å². The third kappa shape index (κ3) is 184. The van der Waals surface area contributed by atoms with Crippen LogP contribution in [-0.2, 0) is 0 Å². The fraction of sp³-hybridized carbons (Fsp3) is 1.00. The summed E-state index contributed by atoms with van der Waals surface area (Å²) in [6.45, 7) is 1.39. The van der Waals surface area contributed by atoms with Crippen molar-refractivity contribution in [1.82, 2.24) is 0 Å². The van der Waals surface area contributed by atoms with Gasteiger partial charge in [0.25, 0.3) is 0 Å². The SMILES string of the molecule is CC(N)(O)S.Cl. The van der Waals surface area contributed by atoms with Gasteiger partial charge in [-0.1, -0.05) is 0 Å². The van der Waals surface area contributed by atoms with Crippen LogP contribution in [0.3, 0.4) is 0 Å². The Morgan fingerprint density at radius 2 is 1.83 bits per heavy atom. The van der Waals surface area contributed by atoms with Crippen LogP contribution < -0.4 is 5.73 Å². The summed E-state index contributed by atoms with van der Waals surface area (Å²) >= 11 is 3.46. The third-order valence-corrected chi connectivity index (χ3v) is 0. The van der Waals surface area contributed by atoms with Gasteiger partial charge in [-0.2, -0.15) is 0 Å². The average Bonchev–Trinajstić information content (AvgIpc) is 0.722. The van der Waals surface area contributed by atoms with Gasteiger partial charge in [-0.15, -0.1) is 25.0 Å². The molecule has 1 unspecified atom stereocenters. The maximum absolute atomic E-state index is 8.16. The molecule has 0 bridgehead atoms. The number of hydrogen-bond donors (Lipinski definition) is 3. The van der Waals surface area contributed by atoms with Gasteiger partial charge in [-0.05, 0) is 6.92 Å². The quantitative estimate of drug-likeness (QED) is 0.318. The van der Waals surface area contributed by atoms with Crippen LogP contribution in [0.5, 0.6) is 0 Å². The van der Waals surface area contributed by atoms with Crippen molar-refractivity contribution < 1.29 is 5.11 Å². The molecule has 0 spiro atoms. The summed E-state index contributed by atoms with van der Waals surface area (Å²) in [6, 6.07) is 0. The zero-order valence-corrected chi connectivity index (χ0v) is 5.09. The van der Waals surface area contributed by atoms with E-state index in [0.717, 1.165) is 0 Å². The monoisotopic (exact) mass is 129 g/mol. The summed E-state index contributed by atoms with van der Waals surface area (Å²) in [5.74, 6) is 0. The number of thiol groups is 1. The Morgan fingerprint density at radius 3 is 1.83 bits per heavy atom. The number of nitrogens with two attached hydrogens (primary N) is 1. The molecule has 0 heterocycles. The van der Waals surface area contributed by atoms with Gasteiger partial charge < -0.3 is 5.11 Å². The zero-order valence-electron chi connectivity index (χ0n) is 3.38. The summed E-state index contributed by atoms with van der Waals surface area (Å²) in [4.78, 5) is 0. The molecule has 0 rings (SSSR count). The molecule has 0 saturated carbocycles. The molecule has 3 N–H and O–H groups in total. The van der Waals surface area contributed by atoms with E-state index in [-0.39, 0.29) is 12.4 Å². The largest absolute Gasteiger partial charge is 0.367 e. The van der Waals surface area contributed by atoms with Crippen molar-refractivity contribution in [3.05, 3.63) is 0 Å². The topological polar surface area (TPSA) is 46.2 Å².